The summed E-state index contributed by atoms with van der Waals surface area (Å²) >= 11 is 0. The van der Waals surface area contributed by atoms with Crippen LogP contribution in [0.15, 0.2) is 72.8 Å². The lowest BCUT2D eigenvalue weighted by Crippen LogP contribution is -2.23. The molecule has 0 spiro atoms. The smallest absolute Gasteiger partial charge is 0.251 e. The van der Waals surface area contributed by atoms with E-state index in [1.807, 2.05) is 49.4 Å². The summed E-state index contributed by atoms with van der Waals surface area (Å²) in [5.41, 5.74) is 9.78. The van der Waals surface area contributed by atoms with Crippen molar-refractivity contribution in [2.45, 2.75) is 13.5 Å². The third-order valence-electron chi connectivity index (χ3n) is 4.76. The van der Waals surface area contributed by atoms with Crippen molar-refractivity contribution in [1.29, 1.82) is 0 Å². The number of nitrogens with zero attached hydrogens (tertiary/aromatic N) is 2. The van der Waals surface area contributed by atoms with E-state index in [2.05, 4.69) is 14.9 Å². The largest absolute Gasteiger partial charge is 0.366 e. The number of amides is 2. The molecule has 2 amide bonds. The van der Waals surface area contributed by atoms with Crippen LogP contribution in [0, 0.1) is 6.92 Å². The van der Waals surface area contributed by atoms with Crippen LogP contribution < -0.4 is 11.1 Å². The van der Waals surface area contributed by atoms with Crippen LogP contribution in [0.2, 0.25) is 0 Å². The van der Waals surface area contributed by atoms with E-state index in [0.717, 1.165) is 28.1 Å². The minimum Gasteiger partial charge on any atom is -0.366 e. The number of imidazole rings is 1. The number of nitrogens with one attached hydrogen (secondary N) is 1. The number of aromatic nitrogens is 2. The molecular weight excluding hydrogens is 364 g/mol. The Bertz CT molecular complexity index is 1210. The Labute approximate surface area is 168 Å². The van der Waals surface area contributed by atoms with Crippen molar-refractivity contribution >= 4 is 22.8 Å². The molecule has 0 radical (unpaired) electrons. The van der Waals surface area contributed by atoms with Gasteiger partial charge in [0, 0.05) is 23.4 Å². The summed E-state index contributed by atoms with van der Waals surface area (Å²) in [6.07, 6.45) is 0. The van der Waals surface area contributed by atoms with Gasteiger partial charge in [-0.15, -0.1) is 0 Å². The Morgan fingerprint density at radius 1 is 0.966 bits per heavy atom. The summed E-state index contributed by atoms with van der Waals surface area (Å²) in [5, 5.41) is 2.87. The fraction of sp³-hybridized carbons (Fsp3) is 0.0870. The first-order valence-electron chi connectivity index (χ1n) is 9.24. The molecule has 0 saturated heterocycles. The number of hydrogen-bond acceptors (Lipinski definition) is 3. The molecule has 4 rings (SSSR count). The van der Waals surface area contributed by atoms with E-state index in [9.17, 15) is 9.59 Å². The third kappa shape index (κ3) is 3.73. The van der Waals surface area contributed by atoms with Crippen LogP contribution in [0.3, 0.4) is 0 Å². The van der Waals surface area contributed by atoms with Crippen molar-refractivity contribution in [3.8, 4) is 5.69 Å². The lowest BCUT2D eigenvalue weighted by molar-refractivity contribution is 0.0950. The summed E-state index contributed by atoms with van der Waals surface area (Å²) in [6.45, 7) is 2.24. The molecule has 4 aromatic rings. The predicted octanol–water partition coefficient (Wildman–Crippen LogP) is 3.36. The van der Waals surface area contributed by atoms with Crippen LogP contribution in [0.1, 0.15) is 32.1 Å². The second-order valence-electron chi connectivity index (χ2n) is 6.78. The van der Waals surface area contributed by atoms with Gasteiger partial charge in [-0.05, 0) is 55.0 Å². The lowest BCUT2D eigenvalue weighted by Gasteiger charge is -2.08. The van der Waals surface area contributed by atoms with E-state index in [4.69, 9.17) is 5.73 Å². The number of carbonyl (C=O) groups is 2. The molecule has 3 aromatic carbocycles. The molecule has 0 aliphatic rings. The molecule has 0 unspecified atom stereocenters. The van der Waals surface area contributed by atoms with Gasteiger partial charge in [-0.1, -0.05) is 30.3 Å². The Kier molecular flexibility index (Phi) is 4.83. The molecular formula is C23H20N4O2. The molecule has 144 valence electrons. The van der Waals surface area contributed by atoms with Gasteiger partial charge >= 0.3 is 0 Å². The lowest BCUT2D eigenvalue weighted by atomic mass is 10.1. The molecule has 6 nitrogen and oxygen atoms in total. The highest BCUT2D eigenvalue weighted by Crippen LogP contribution is 2.22. The first-order chi connectivity index (χ1) is 14.0. The van der Waals surface area contributed by atoms with Gasteiger partial charge in [0.25, 0.3) is 5.91 Å². The van der Waals surface area contributed by atoms with Crippen molar-refractivity contribution in [1.82, 2.24) is 14.9 Å². The average molecular weight is 384 g/mol. The minimum absolute atomic E-state index is 0.205. The summed E-state index contributed by atoms with van der Waals surface area (Å²) in [6, 6.07) is 22.4. The summed E-state index contributed by atoms with van der Waals surface area (Å²) in [7, 11) is 0. The fourth-order valence-electron chi connectivity index (χ4n) is 3.36. The number of fused-ring (bicyclic) bond motifs is 1. The number of aryl methyl sites for hydroxylation is 1. The second-order valence-corrected chi connectivity index (χ2v) is 6.78. The van der Waals surface area contributed by atoms with Crippen molar-refractivity contribution in [2.75, 3.05) is 0 Å². The summed E-state index contributed by atoms with van der Waals surface area (Å²) in [5.74, 6) is 0.156. The molecule has 0 aliphatic heterocycles. The van der Waals surface area contributed by atoms with Crippen molar-refractivity contribution in [3.63, 3.8) is 0 Å². The average Bonchev–Trinajstić information content (AvgIpc) is 3.07. The van der Waals surface area contributed by atoms with Crippen LogP contribution in [-0.2, 0) is 6.54 Å². The normalized spacial score (nSPS) is 10.8. The van der Waals surface area contributed by atoms with Gasteiger partial charge in [-0.2, -0.15) is 0 Å². The van der Waals surface area contributed by atoms with E-state index < -0.39 is 5.91 Å². The van der Waals surface area contributed by atoms with E-state index in [1.165, 1.54) is 0 Å². The second kappa shape index (κ2) is 7.59. The highest BCUT2D eigenvalue weighted by atomic mass is 16.2. The van der Waals surface area contributed by atoms with Crippen LogP contribution in [0.5, 0.6) is 0 Å². The van der Waals surface area contributed by atoms with Crippen LogP contribution >= 0.6 is 0 Å². The number of carbonyl (C=O) groups excluding carboxylic acids is 2. The number of benzene rings is 3. The quantitative estimate of drug-likeness (QED) is 0.553. The Morgan fingerprint density at radius 3 is 2.52 bits per heavy atom. The number of primary amides is 1. The fourth-order valence-corrected chi connectivity index (χ4v) is 3.36. The van der Waals surface area contributed by atoms with Gasteiger partial charge in [0.2, 0.25) is 5.91 Å². The third-order valence-corrected chi connectivity index (χ3v) is 4.76. The van der Waals surface area contributed by atoms with Gasteiger partial charge in [0.1, 0.15) is 5.82 Å². The number of hydrogen-bond donors (Lipinski definition) is 2. The summed E-state index contributed by atoms with van der Waals surface area (Å²) < 4.78 is 2.06. The van der Waals surface area contributed by atoms with Gasteiger partial charge in [0.05, 0.1) is 11.0 Å². The van der Waals surface area contributed by atoms with Crippen molar-refractivity contribution in [3.05, 3.63) is 95.3 Å². The highest BCUT2D eigenvalue weighted by molar-refractivity contribution is 5.97. The zero-order valence-electron chi connectivity index (χ0n) is 15.9. The van der Waals surface area contributed by atoms with Crippen LogP contribution in [0.25, 0.3) is 16.7 Å². The SMILES string of the molecule is Cc1nc2cc(C(=O)NCc3cccc(C(N)=O)c3)ccc2n1-c1ccccc1. The number of nitrogens with two attached hydrogens (primary N) is 1. The van der Waals surface area contributed by atoms with E-state index in [1.54, 1.807) is 30.3 Å². The van der Waals surface area contributed by atoms with Crippen LogP contribution in [-0.4, -0.2) is 21.4 Å². The van der Waals surface area contributed by atoms with Gasteiger partial charge in [0.15, 0.2) is 0 Å². The molecule has 0 bridgehead atoms. The molecule has 1 aromatic heterocycles. The maximum absolute atomic E-state index is 12.6. The molecule has 0 fully saturated rings. The maximum atomic E-state index is 12.6. The first kappa shape index (κ1) is 18.4. The monoisotopic (exact) mass is 384 g/mol. The van der Waals surface area contributed by atoms with Gasteiger partial charge in [-0.3, -0.25) is 14.2 Å². The zero-order chi connectivity index (χ0) is 20.4. The molecule has 0 saturated carbocycles. The topological polar surface area (TPSA) is 90.0 Å². The van der Waals surface area contributed by atoms with Crippen LogP contribution in [0.4, 0.5) is 0 Å². The number of rotatable bonds is 5. The van der Waals surface area contributed by atoms with Gasteiger partial charge in [-0.25, -0.2) is 4.98 Å². The van der Waals surface area contributed by atoms with E-state index in [0.29, 0.717) is 17.7 Å². The maximum Gasteiger partial charge on any atom is 0.251 e. The molecule has 0 aliphatic carbocycles. The van der Waals surface area contributed by atoms with Crippen molar-refractivity contribution in [2.24, 2.45) is 5.73 Å². The van der Waals surface area contributed by atoms with Gasteiger partial charge < -0.3 is 11.1 Å². The Morgan fingerprint density at radius 2 is 1.76 bits per heavy atom. The first-order valence-corrected chi connectivity index (χ1v) is 9.24. The molecule has 6 heteroatoms. The highest BCUT2D eigenvalue weighted by Gasteiger charge is 2.13. The Hall–Kier alpha value is -3.93. The van der Waals surface area contributed by atoms with E-state index in [-0.39, 0.29) is 5.91 Å². The minimum atomic E-state index is -0.493. The molecule has 1 heterocycles. The number of para-hydroxylation sites is 1. The molecule has 0 atom stereocenters. The predicted molar refractivity (Wildman–Crippen MR) is 112 cm³/mol. The molecule has 29 heavy (non-hydrogen) atoms. The van der Waals surface area contributed by atoms with Crippen molar-refractivity contribution < 1.29 is 9.59 Å². The molecule has 3 N–H and O–H groups in total. The zero-order valence-corrected chi connectivity index (χ0v) is 15.9. The standard InChI is InChI=1S/C23H20N4O2/c1-15-26-20-13-18(10-11-21(20)27(15)19-8-3-2-4-9-19)23(29)25-14-16-6-5-7-17(12-16)22(24)28/h2-13H,14H2,1H3,(H2,24,28)(H,25,29). The summed E-state index contributed by atoms with van der Waals surface area (Å²) in [4.78, 5) is 28.5. The van der Waals surface area contributed by atoms with E-state index >= 15 is 0 Å². The Balaban J connectivity index is 1.56.